The summed E-state index contributed by atoms with van der Waals surface area (Å²) >= 11 is 0. The van der Waals surface area contributed by atoms with E-state index in [9.17, 15) is 13.2 Å². The molecular weight excluding hydrogens is 358 g/mol. The molecule has 144 valence electrons. The summed E-state index contributed by atoms with van der Waals surface area (Å²) in [7, 11) is -3.66. The van der Waals surface area contributed by atoms with Crippen LogP contribution in [0.3, 0.4) is 0 Å². The van der Waals surface area contributed by atoms with E-state index in [0.717, 1.165) is 12.8 Å². The molecule has 1 unspecified atom stereocenters. The zero-order valence-electron chi connectivity index (χ0n) is 14.9. The SMILES string of the molecule is CCOc1ccc(NC(=O)C2CNCCO2)cc1S(=O)(=O)N1CCCC1. The van der Waals surface area contributed by atoms with Gasteiger partial charge >= 0.3 is 0 Å². The van der Waals surface area contributed by atoms with Crippen molar-refractivity contribution in [1.29, 1.82) is 0 Å². The zero-order chi connectivity index (χ0) is 18.6. The molecule has 0 spiro atoms. The Kier molecular flexibility index (Phi) is 6.13. The van der Waals surface area contributed by atoms with Gasteiger partial charge in [0.1, 0.15) is 16.7 Å². The van der Waals surface area contributed by atoms with Gasteiger partial charge in [0.15, 0.2) is 0 Å². The van der Waals surface area contributed by atoms with Crippen molar-refractivity contribution in [3.8, 4) is 5.75 Å². The first-order valence-electron chi connectivity index (χ1n) is 8.92. The first-order valence-corrected chi connectivity index (χ1v) is 10.4. The van der Waals surface area contributed by atoms with Gasteiger partial charge in [-0.3, -0.25) is 4.79 Å². The van der Waals surface area contributed by atoms with Gasteiger partial charge in [-0.2, -0.15) is 4.31 Å². The number of carbonyl (C=O) groups excluding carboxylic acids is 1. The van der Waals surface area contributed by atoms with Gasteiger partial charge in [-0.25, -0.2) is 8.42 Å². The summed E-state index contributed by atoms with van der Waals surface area (Å²) < 4.78 is 38.3. The van der Waals surface area contributed by atoms with E-state index in [0.29, 0.717) is 50.8 Å². The molecule has 2 aliphatic heterocycles. The predicted octanol–water partition coefficient (Wildman–Crippen LogP) is 0.797. The summed E-state index contributed by atoms with van der Waals surface area (Å²) in [5.74, 6) is -0.00105. The zero-order valence-corrected chi connectivity index (χ0v) is 15.7. The molecule has 0 aliphatic carbocycles. The van der Waals surface area contributed by atoms with Crippen molar-refractivity contribution in [2.75, 3.05) is 44.7 Å². The molecule has 2 saturated heterocycles. The third kappa shape index (κ3) is 4.17. The van der Waals surface area contributed by atoms with E-state index >= 15 is 0 Å². The number of anilines is 1. The van der Waals surface area contributed by atoms with E-state index in [4.69, 9.17) is 9.47 Å². The van der Waals surface area contributed by atoms with E-state index in [-0.39, 0.29) is 10.8 Å². The average Bonchev–Trinajstić information content (AvgIpc) is 3.19. The molecule has 2 heterocycles. The lowest BCUT2D eigenvalue weighted by molar-refractivity contribution is -0.128. The van der Waals surface area contributed by atoms with Crippen LogP contribution in [-0.2, 0) is 19.6 Å². The van der Waals surface area contributed by atoms with Gasteiger partial charge in [0.05, 0.1) is 13.2 Å². The molecule has 0 aromatic heterocycles. The van der Waals surface area contributed by atoms with E-state index in [1.807, 2.05) is 0 Å². The second kappa shape index (κ2) is 8.34. The number of morpholine rings is 1. The number of hydrogen-bond donors (Lipinski definition) is 2. The van der Waals surface area contributed by atoms with Crippen LogP contribution in [0.25, 0.3) is 0 Å². The van der Waals surface area contributed by atoms with E-state index in [1.54, 1.807) is 19.1 Å². The lowest BCUT2D eigenvalue weighted by Crippen LogP contribution is -2.45. The van der Waals surface area contributed by atoms with Gasteiger partial charge in [-0.05, 0) is 38.0 Å². The summed E-state index contributed by atoms with van der Waals surface area (Å²) in [5, 5.41) is 5.83. The molecule has 1 aromatic carbocycles. The number of nitrogens with one attached hydrogen (secondary N) is 2. The number of rotatable bonds is 6. The number of carbonyl (C=O) groups is 1. The van der Waals surface area contributed by atoms with Crippen molar-refractivity contribution in [1.82, 2.24) is 9.62 Å². The maximum absolute atomic E-state index is 13.0. The molecule has 1 aromatic rings. The highest BCUT2D eigenvalue weighted by Gasteiger charge is 2.31. The minimum Gasteiger partial charge on any atom is -0.492 e. The van der Waals surface area contributed by atoms with Crippen molar-refractivity contribution in [2.24, 2.45) is 0 Å². The normalized spacial score (nSPS) is 21.5. The van der Waals surface area contributed by atoms with Crippen molar-refractivity contribution in [3.05, 3.63) is 18.2 Å². The van der Waals surface area contributed by atoms with Crippen molar-refractivity contribution in [2.45, 2.75) is 30.8 Å². The minimum atomic E-state index is -3.66. The van der Waals surface area contributed by atoms with Crippen LogP contribution in [0.5, 0.6) is 5.75 Å². The Bertz CT molecular complexity index is 741. The third-order valence-corrected chi connectivity index (χ3v) is 6.33. The second-order valence-corrected chi connectivity index (χ2v) is 8.16. The van der Waals surface area contributed by atoms with Gasteiger partial charge in [0, 0.05) is 31.9 Å². The Balaban J connectivity index is 1.85. The summed E-state index contributed by atoms with van der Waals surface area (Å²) in [6, 6.07) is 4.69. The summed E-state index contributed by atoms with van der Waals surface area (Å²) in [5.41, 5.74) is 0.408. The smallest absolute Gasteiger partial charge is 0.254 e. The third-order valence-electron chi connectivity index (χ3n) is 4.41. The van der Waals surface area contributed by atoms with Gasteiger partial charge in [-0.1, -0.05) is 0 Å². The predicted molar refractivity (Wildman–Crippen MR) is 96.8 cm³/mol. The van der Waals surface area contributed by atoms with Crippen LogP contribution >= 0.6 is 0 Å². The van der Waals surface area contributed by atoms with Gasteiger partial charge in [0.25, 0.3) is 5.91 Å². The lowest BCUT2D eigenvalue weighted by atomic mass is 10.2. The molecule has 2 N–H and O–H groups in total. The number of benzene rings is 1. The van der Waals surface area contributed by atoms with Crippen LogP contribution in [0.15, 0.2) is 23.1 Å². The van der Waals surface area contributed by atoms with E-state index in [1.165, 1.54) is 10.4 Å². The Morgan fingerprint density at radius 1 is 1.38 bits per heavy atom. The first-order chi connectivity index (χ1) is 12.5. The van der Waals surface area contributed by atoms with Crippen molar-refractivity contribution in [3.63, 3.8) is 0 Å². The summed E-state index contributed by atoms with van der Waals surface area (Å²) in [6.07, 6.45) is 1.12. The lowest BCUT2D eigenvalue weighted by Gasteiger charge is -2.23. The number of ether oxygens (including phenoxy) is 2. The fraction of sp³-hybridized carbons (Fsp3) is 0.588. The molecule has 1 atom stereocenters. The van der Waals surface area contributed by atoms with Crippen molar-refractivity contribution < 1.29 is 22.7 Å². The highest BCUT2D eigenvalue weighted by Crippen LogP contribution is 2.31. The standard InChI is InChI=1S/C17H25N3O5S/c1-2-24-14-6-5-13(19-17(21)15-12-18-7-10-25-15)11-16(14)26(22,23)20-8-3-4-9-20/h5-6,11,15,18H,2-4,7-10,12H2,1H3,(H,19,21). The van der Waals surface area contributed by atoms with E-state index < -0.39 is 16.1 Å². The minimum absolute atomic E-state index is 0.0849. The molecule has 26 heavy (non-hydrogen) atoms. The number of nitrogens with zero attached hydrogens (tertiary/aromatic N) is 1. The van der Waals surface area contributed by atoms with Crippen molar-refractivity contribution >= 4 is 21.6 Å². The summed E-state index contributed by atoms with van der Waals surface area (Å²) in [6.45, 7) is 4.78. The van der Waals surface area contributed by atoms with Crippen LogP contribution in [0, 0.1) is 0 Å². The Morgan fingerprint density at radius 3 is 2.81 bits per heavy atom. The maximum atomic E-state index is 13.0. The monoisotopic (exact) mass is 383 g/mol. The second-order valence-electron chi connectivity index (χ2n) is 6.26. The maximum Gasteiger partial charge on any atom is 0.254 e. The van der Waals surface area contributed by atoms with E-state index in [2.05, 4.69) is 10.6 Å². The molecule has 0 saturated carbocycles. The Hall–Kier alpha value is -1.68. The number of hydrogen-bond acceptors (Lipinski definition) is 6. The molecule has 2 fully saturated rings. The van der Waals surface area contributed by atoms with Crippen LogP contribution < -0.4 is 15.4 Å². The summed E-state index contributed by atoms with van der Waals surface area (Å²) in [4.78, 5) is 12.4. The molecule has 3 rings (SSSR count). The Labute approximate surface area is 153 Å². The van der Waals surface area contributed by atoms with Gasteiger partial charge in [-0.15, -0.1) is 0 Å². The quantitative estimate of drug-likeness (QED) is 0.754. The first kappa shape index (κ1) is 19.1. The largest absolute Gasteiger partial charge is 0.492 e. The molecule has 1 amide bonds. The van der Waals surface area contributed by atoms with Crippen LogP contribution in [0.4, 0.5) is 5.69 Å². The molecule has 0 radical (unpaired) electrons. The topological polar surface area (TPSA) is 97.0 Å². The van der Waals surface area contributed by atoms with Gasteiger partial charge < -0.3 is 20.1 Å². The fourth-order valence-electron chi connectivity index (χ4n) is 3.09. The molecule has 9 heteroatoms. The number of sulfonamides is 1. The molecule has 0 bridgehead atoms. The Morgan fingerprint density at radius 2 is 2.15 bits per heavy atom. The molecule has 2 aliphatic rings. The van der Waals surface area contributed by atoms with Crippen LogP contribution in [0.2, 0.25) is 0 Å². The number of amides is 1. The molecule has 8 nitrogen and oxygen atoms in total. The van der Waals surface area contributed by atoms with Crippen LogP contribution in [0.1, 0.15) is 19.8 Å². The fourth-order valence-corrected chi connectivity index (χ4v) is 4.76. The van der Waals surface area contributed by atoms with Crippen LogP contribution in [-0.4, -0.2) is 64.1 Å². The average molecular weight is 383 g/mol. The highest BCUT2D eigenvalue weighted by atomic mass is 32.2. The van der Waals surface area contributed by atoms with Gasteiger partial charge in [0.2, 0.25) is 10.0 Å². The highest BCUT2D eigenvalue weighted by molar-refractivity contribution is 7.89. The molecular formula is C17H25N3O5S.